The summed E-state index contributed by atoms with van der Waals surface area (Å²) in [5.74, 6) is -1.19. The molecule has 2 N–H and O–H groups in total. The van der Waals surface area contributed by atoms with Crippen molar-refractivity contribution >= 4 is 31.9 Å². The maximum Gasteiger partial charge on any atom is 0.321 e. The van der Waals surface area contributed by atoms with E-state index in [1.54, 1.807) is 19.1 Å². The molecule has 0 aliphatic heterocycles. The molecular formula is C12H16BrNO4S. The summed E-state index contributed by atoms with van der Waals surface area (Å²) in [6.45, 7) is 3.60. The van der Waals surface area contributed by atoms with Crippen LogP contribution in [0.4, 0.5) is 0 Å². The molecule has 5 nitrogen and oxygen atoms in total. The Labute approximate surface area is 121 Å². The minimum Gasteiger partial charge on any atom is -0.480 e. The number of nitrogens with one attached hydrogen (secondary N) is 1. The van der Waals surface area contributed by atoms with Gasteiger partial charge in [-0.05, 0) is 25.5 Å². The van der Waals surface area contributed by atoms with Gasteiger partial charge in [0.2, 0.25) is 10.0 Å². The zero-order chi connectivity index (χ0) is 14.6. The van der Waals surface area contributed by atoms with E-state index < -0.39 is 22.0 Å². The summed E-state index contributed by atoms with van der Waals surface area (Å²) >= 11 is 3.22. The largest absolute Gasteiger partial charge is 0.480 e. The van der Waals surface area contributed by atoms with Gasteiger partial charge in [-0.2, -0.15) is 4.72 Å². The number of benzene rings is 1. The summed E-state index contributed by atoms with van der Waals surface area (Å²) < 4.78 is 26.3. The molecule has 7 heteroatoms. The van der Waals surface area contributed by atoms with Gasteiger partial charge in [0.15, 0.2) is 0 Å². The molecule has 0 spiro atoms. The van der Waals surface area contributed by atoms with E-state index in [9.17, 15) is 13.2 Å². The minimum absolute atomic E-state index is 0.0616. The fourth-order valence-corrected chi connectivity index (χ4v) is 3.07. The molecule has 1 unspecified atom stereocenters. The average Bonchev–Trinajstić information content (AvgIpc) is 2.27. The first kappa shape index (κ1) is 16.1. The molecule has 0 aliphatic rings. The molecule has 1 aromatic rings. The van der Waals surface area contributed by atoms with Crippen molar-refractivity contribution in [2.75, 3.05) is 0 Å². The van der Waals surface area contributed by atoms with Crippen molar-refractivity contribution in [3.63, 3.8) is 0 Å². The molecule has 106 valence electrons. The molecule has 0 fully saturated rings. The van der Waals surface area contributed by atoms with Crippen LogP contribution in [0.25, 0.3) is 0 Å². The van der Waals surface area contributed by atoms with Gasteiger partial charge in [0, 0.05) is 4.83 Å². The van der Waals surface area contributed by atoms with Crippen molar-refractivity contribution in [2.24, 2.45) is 0 Å². The summed E-state index contributed by atoms with van der Waals surface area (Å²) in [5.41, 5.74) is 0.933. The molecule has 0 amide bonds. The van der Waals surface area contributed by atoms with Gasteiger partial charge in [0.05, 0.1) is 4.90 Å². The summed E-state index contributed by atoms with van der Waals surface area (Å²) in [5, 5.41) is 9.03. The number of carbonyl (C=O) groups is 1. The third kappa shape index (κ3) is 4.93. The Morgan fingerprint density at radius 1 is 1.37 bits per heavy atom. The highest BCUT2D eigenvalue weighted by atomic mass is 79.9. The molecule has 0 saturated heterocycles. The summed E-state index contributed by atoms with van der Waals surface area (Å²) in [6.07, 6.45) is 0.167. The van der Waals surface area contributed by atoms with Crippen LogP contribution in [0, 0.1) is 6.92 Å². The second-order valence-electron chi connectivity index (χ2n) is 4.34. The van der Waals surface area contributed by atoms with Gasteiger partial charge in [-0.1, -0.05) is 40.5 Å². The van der Waals surface area contributed by atoms with Crippen molar-refractivity contribution in [2.45, 2.75) is 36.0 Å². The summed E-state index contributed by atoms with van der Waals surface area (Å²) in [6, 6.07) is 5.08. The molecule has 1 rings (SSSR count). The Morgan fingerprint density at radius 2 is 1.89 bits per heavy atom. The molecule has 0 bridgehead atoms. The first-order valence-corrected chi connectivity index (χ1v) is 8.08. The Balaban J connectivity index is 2.94. The number of hydrogen-bond acceptors (Lipinski definition) is 3. The predicted octanol–water partition coefficient (Wildman–Crippen LogP) is 1.90. The molecular weight excluding hydrogens is 334 g/mol. The van der Waals surface area contributed by atoms with Gasteiger partial charge < -0.3 is 5.11 Å². The smallest absolute Gasteiger partial charge is 0.321 e. The second kappa shape index (κ2) is 6.49. The van der Waals surface area contributed by atoms with E-state index >= 15 is 0 Å². The second-order valence-corrected chi connectivity index (χ2v) is 7.62. The van der Waals surface area contributed by atoms with Crippen LogP contribution in [-0.4, -0.2) is 30.4 Å². The van der Waals surface area contributed by atoms with Gasteiger partial charge in [-0.3, -0.25) is 4.79 Å². The van der Waals surface area contributed by atoms with Crippen molar-refractivity contribution in [1.29, 1.82) is 0 Å². The number of sulfonamides is 1. The van der Waals surface area contributed by atoms with E-state index in [1.165, 1.54) is 12.1 Å². The number of aryl methyl sites for hydroxylation is 1. The van der Waals surface area contributed by atoms with Crippen LogP contribution in [-0.2, 0) is 14.8 Å². The number of rotatable bonds is 6. The average molecular weight is 350 g/mol. The number of halogens is 1. The maximum absolute atomic E-state index is 12.1. The third-order valence-corrected chi connectivity index (χ3v) is 4.35. The number of carboxylic acid groups (broad SMARTS) is 1. The molecule has 0 saturated carbocycles. The lowest BCUT2D eigenvalue weighted by Gasteiger charge is -2.16. The van der Waals surface area contributed by atoms with E-state index in [0.717, 1.165) is 5.56 Å². The lowest BCUT2D eigenvalue weighted by molar-refractivity contribution is -0.139. The standard InChI is InChI=1S/C12H16BrNO4S/c1-8-3-5-10(6-4-8)19(17,18)14-11(12(15)16)7-9(2)13/h3-6,9,11,14H,7H2,1-2H3,(H,15,16)/t9?,11-/m0/s1. The molecule has 0 aliphatic carbocycles. The van der Waals surface area contributed by atoms with Crippen LogP contribution in [0.1, 0.15) is 18.9 Å². The third-order valence-electron chi connectivity index (χ3n) is 2.49. The van der Waals surface area contributed by atoms with Gasteiger partial charge >= 0.3 is 5.97 Å². The van der Waals surface area contributed by atoms with E-state index in [4.69, 9.17) is 5.11 Å². The maximum atomic E-state index is 12.1. The zero-order valence-electron chi connectivity index (χ0n) is 10.6. The first-order chi connectivity index (χ1) is 8.72. The summed E-state index contributed by atoms with van der Waals surface area (Å²) in [7, 11) is -3.82. The van der Waals surface area contributed by atoms with Gasteiger partial charge in [0.25, 0.3) is 0 Å². The van der Waals surface area contributed by atoms with Crippen LogP contribution >= 0.6 is 15.9 Å². The van der Waals surface area contributed by atoms with Crippen molar-refractivity contribution in [3.05, 3.63) is 29.8 Å². The van der Waals surface area contributed by atoms with E-state index in [1.807, 2.05) is 6.92 Å². The first-order valence-electron chi connectivity index (χ1n) is 5.68. The van der Waals surface area contributed by atoms with Crippen LogP contribution in [0.3, 0.4) is 0 Å². The van der Waals surface area contributed by atoms with E-state index in [-0.39, 0.29) is 16.1 Å². The topological polar surface area (TPSA) is 83.5 Å². The van der Waals surface area contributed by atoms with Crippen molar-refractivity contribution < 1.29 is 18.3 Å². The SMILES string of the molecule is Cc1ccc(S(=O)(=O)N[C@@H](CC(C)Br)C(=O)O)cc1. The Bertz CT molecular complexity index is 539. The predicted molar refractivity (Wildman–Crippen MR) is 75.9 cm³/mol. The van der Waals surface area contributed by atoms with Crippen molar-refractivity contribution in [1.82, 2.24) is 4.72 Å². The number of aliphatic carboxylic acids is 1. The highest BCUT2D eigenvalue weighted by Gasteiger charge is 2.26. The van der Waals surface area contributed by atoms with Gasteiger partial charge in [0.1, 0.15) is 6.04 Å². The normalized spacial score (nSPS) is 14.9. The monoisotopic (exact) mass is 349 g/mol. The molecule has 0 radical (unpaired) electrons. The molecule has 2 atom stereocenters. The summed E-state index contributed by atoms with van der Waals surface area (Å²) in [4.78, 5) is 11.0. The Hall–Kier alpha value is -0.920. The van der Waals surface area contributed by atoms with Gasteiger partial charge in [-0.25, -0.2) is 8.42 Å². The van der Waals surface area contributed by atoms with Crippen molar-refractivity contribution in [3.8, 4) is 0 Å². The fourth-order valence-electron chi connectivity index (χ4n) is 1.50. The van der Waals surface area contributed by atoms with Crippen LogP contribution in [0.2, 0.25) is 0 Å². The molecule has 0 heterocycles. The van der Waals surface area contributed by atoms with Gasteiger partial charge in [-0.15, -0.1) is 0 Å². The lowest BCUT2D eigenvalue weighted by Crippen LogP contribution is -2.41. The number of carboxylic acids is 1. The van der Waals surface area contributed by atoms with Crippen LogP contribution < -0.4 is 4.72 Å². The Morgan fingerprint density at radius 3 is 2.32 bits per heavy atom. The van der Waals surface area contributed by atoms with Crippen LogP contribution in [0.15, 0.2) is 29.2 Å². The molecule has 1 aromatic carbocycles. The molecule has 19 heavy (non-hydrogen) atoms. The minimum atomic E-state index is -3.82. The lowest BCUT2D eigenvalue weighted by atomic mass is 10.2. The quantitative estimate of drug-likeness (QED) is 0.768. The highest BCUT2D eigenvalue weighted by Crippen LogP contribution is 2.13. The van der Waals surface area contributed by atoms with E-state index in [0.29, 0.717) is 0 Å². The number of alkyl halides is 1. The highest BCUT2D eigenvalue weighted by molar-refractivity contribution is 9.09. The molecule has 0 aromatic heterocycles. The Kier molecular flexibility index (Phi) is 5.51. The van der Waals surface area contributed by atoms with E-state index in [2.05, 4.69) is 20.7 Å². The number of hydrogen-bond donors (Lipinski definition) is 2. The zero-order valence-corrected chi connectivity index (χ0v) is 13.0. The van der Waals surface area contributed by atoms with Crippen LogP contribution in [0.5, 0.6) is 0 Å². The fraction of sp³-hybridized carbons (Fsp3) is 0.417.